The van der Waals surface area contributed by atoms with Crippen LogP contribution in [0.4, 0.5) is 0 Å². The van der Waals surface area contributed by atoms with Crippen LogP contribution in [-0.4, -0.2) is 40.0 Å². The molecule has 0 spiro atoms. The van der Waals surface area contributed by atoms with Crippen molar-refractivity contribution in [2.75, 3.05) is 20.7 Å². The second-order valence-electron chi connectivity index (χ2n) is 5.99. The molecule has 0 aromatic heterocycles. The number of nitrogens with one attached hydrogen (secondary N) is 1. The fourth-order valence-electron chi connectivity index (χ4n) is 2.43. The van der Waals surface area contributed by atoms with Gasteiger partial charge in [-0.05, 0) is 42.9 Å². The van der Waals surface area contributed by atoms with Gasteiger partial charge in [0.25, 0.3) is 0 Å². The van der Waals surface area contributed by atoms with Gasteiger partial charge in [0.2, 0.25) is 10.0 Å². The van der Waals surface area contributed by atoms with Crippen molar-refractivity contribution in [1.29, 1.82) is 0 Å². The van der Waals surface area contributed by atoms with Gasteiger partial charge in [0.05, 0.1) is 17.6 Å². The quantitative estimate of drug-likeness (QED) is 0.716. The van der Waals surface area contributed by atoms with Crippen molar-refractivity contribution < 1.29 is 17.9 Å². The number of ether oxygens (including phenoxy) is 1. The van der Waals surface area contributed by atoms with E-state index in [1.165, 1.54) is 31.4 Å². The molecule has 6 nitrogen and oxygen atoms in total. The summed E-state index contributed by atoms with van der Waals surface area (Å²) in [5, 5.41) is 0. The zero-order valence-corrected chi connectivity index (χ0v) is 16.0. The fourth-order valence-corrected chi connectivity index (χ4v) is 3.49. The Hall–Kier alpha value is -2.22. The second-order valence-corrected chi connectivity index (χ2v) is 7.76. The van der Waals surface area contributed by atoms with Crippen molar-refractivity contribution in [2.24, 2.45) is 0 Å². The second kappa shape index (κ2) is 8.93. The molecule has 26 heavy (non-hydrogen) atoms. The highest BCUT2D eigenvalue weighted by Crippen LogP contribution is 2.14. The van der Waals surface area contributed by atoms with E-state index in [-0.39, 0.29) is 17.0 Å². The average Bonchev–Trinajstić information content (AvgIpc) is 2.66. The maximum atomic E-state index is 12.5. The highest BCUT2D eigenvalue weighted by molar-refractivity contribution is 7.89. The molecule has 2 rings (SSSR count). The standard InChI is InChI=1S/C19H24N2O4S/c1-4-21(2)14-16-8-5-7-15(11-16)13-20-26(23,24)18-10-6-9-17(12-18)19(22)25-3/h5-12,20H,4,13-14H2,1-3H3. The lowest BCUT2D eigenvalue weighted by molar-refractivity contribution is 0.0600. The number of carbonyl (C=O) groups is 1. The molecule has 0 fully saturated rings. The van der Waals surface area contributed by atoms with Crippen LogP contribution in [0.2, 0.25) is 0 Å². The monoisotopic (exact) mass is 376 g/mol. The molecular formula is C19H24N2O4S. The minimum atomic E-state index is -3.73. The molecule has 140 valence electrons. The van der Waals surface area contributed by atoms with Gasteiger partial charge in [-0.25, -0.2) is 17.9 Å². The van der Waals surface area contributed by atoms with Crippen LogP contribution in [0.1, 0.15) is 28.4 Å². The number of carbonyl (C=O) groups excluding carboxylic acids is 1. The summed E-state index contributed by atoms with van der Waals surface area (Å²) >= 11 is 0. The number of rotatable bonds is 8. The van der Waals surface area contributed by atoms with Gasteiger partial charge in [-0.1, -0.05) is 37.3 Å². The molecule has 7 heteroatoms. The number of hydrogen-bond donors (Lipinski definition) is 1. The van der Waals surface area contributed by atoms with Gasteiger partial charge in [-0.15, -0.1) is 0 Å². The van der Waals surface area contributed by atoms with E-state index in [2.05, 4.69) is 21.3 Å². The first kappa shape index (κ1) is 20.1. The third-order valence-electron chi connectivity index (χ3n) is 4.02. The first-order valence-corrected chi connectivity index (χ1v) is 9.78. The van der Waals surface area contributed by atoms with Gasteiger partial charge >= 0.3 is 5.97 Å². The molecule has 2 aromatic rings. The third kappa shape index (κ3) is 5.39. The van der Waals surface area contributed by atoms with Gasteiger partial charge in [0, 0.05) is 13.1 Å². The Labute approximate surface area is 154 Å². The molecule has 0 heterocycles. The molecule has 0 aliphatic carbocycles. The molecule has 0 bridgehead atoms. The van der Waals surface area contributed by atoms with Gasteiger partial charge in [-0.2, -0.15) is 0 Å². The van der Waals surface area contributed by atoms with Crippen LogP contribution in [0, 0.1) is 0 Å². The fraction of sp³-hybridized carbons (Fsp3) is 0.316. The molecule has 0 radical (unpaired) electrons. The topological polar surface area (TPSA) is 75.7 Å². The van der Waals surface area contributed by atoms with Crippen LogP contribution in [0.25, 0.3) is 0 Å². The van der Waals surface area contributed by atoms with E-state index in [1.807, 2.05) is 31.3 Å². The minimum absolute atomic E-state index is 0.0299. The van der Waals surface area contributed by atoms with E-state index in [4.69, 9.17) is 0 Å². The largest absolute Gasteiger partial charge is 0.465 e. The van der Waals surface area contributed by atoms with Gasteiger partial charge in [0.15, 0.2) is 0 Å². The predicted molar refractivity (Wildman–Crippen MR) is 100 cm³/mol. The lowest BCUT2D eigenvalue weighted by atomic mass is 10.1. The minimum Gasteiger partial charge on any atom is -0.465 e. The highest BCUT2D eigenvalue weighted by atomic mass is 32.2. The number of methoxy groups -OCH3 is 1. The van der Waals surface area contributed by atoms with Crippen LogP contribution >= 0.6 is 0 Å². The molecule has 1 N–H and O–H groups in total. The summed E-state index contributed by atoms with van der Waals surface area (Å²) in [5.41, 5.74) is 2.19. The van der Waals surface area contributed by atoms with Crippen molar-refractivity contribution in [1.82, 2.24) is 9.62 Å². The molecular weight excluding hydrogens is 352 g/mol. The summed E-state index contributed by atoms with van der Waals surface area (Å²) in [7, 11) is -0.445. The Morgan fingerprint density at radius 2 is 1.81 bits per heavy atom. The van der Waals surface area contributed by atoms with Gasteiger partial charge in [-0.3, -0.25) is 0 Å². The Bertz CT molecular complexity index is 865. The van der Waals surface area contributed by atoms with E-state index in [9.17, 15) is 13.2 Å². The maximum Gasteiger partial charge on any atom is 0.337 e. The van der Waals surface area contributed by atoms with Crippen molar-refractivity contribution in [3.05, 3.63) is 65.2 Å². The summed E-state index contributed by atoms with van der Waals surface area (Å²) in [5.74, 6) is -0.574. The lowest BCUT2D eigenvalue weighted by Crippen LogP contribution is -2.23. The van der Waals surface area contributed by atoms with Crippen LogP contribution in [0.15, 0.2) is 53.4 Å². The predicted octanol–water partition coefficient (Wildman–Crippen LogP) is 2.40. The van der Waals surface area contributed by atoms with Crippen molar-refractivity contribution >= 4 is 16.0 Å². The molecule has 0 atom stereocenters. The van der Waals surface area contributed by atoms with E-state index in [1.54, 1.807) is 0 Å². The van der Waals surface area contributed by atoms with Crippen molar-refractivity contribution in [3.8, 4) is 0 Å². The average molecular weight is 376 g/mol. The van der Waals surface area contributed by atoms with Crippen LogP contribution in [0.3, 0.4) is 0 Å². The van der Waals surface area contributed by atoms with Crippen molar-refractivity contribution in [2.45, 2.75) is 24.9 Å². The van der Waals surface area contributed by atoms with E-state index < -0.39 is 16.0 Å². The molecule has 2 aromatic carbocycles. The molecule has 0 saturated heterocycles. The summed E-state index contributed by atoms with van der Waals surface area (Å²) in [6, 6.07) is 13.6. The summed E-state index contributed by atoms with van der Waals surface area (Å²) in [6.45, 7) is 4.00. The summed E-state index contributed by atoms with van der Waals surface area (Å²) in [4.78, 5) is 13.8. The first-order valence-electron chi connectivity index (χ1n) is 8.30. The highest BCUT2D eigenvalue weighted by Gasteiger charge is 2.16. The molecule has 0 aliphatic rings. The van der Waals surface area contributed by atoms with Crippen molar-refractivity contribution in [3.63, 3.8) is 0 Å². The van der Waals surface area contributed by atoms with E-state index >= 15 is 0 Å². The number of hydrogen-bond acceptors (Lipinski definition) is 5. The Morgan fingerprint density at radius 1 is 1.12 bits per heavy atom. The summed E-state index contributed by atoms with van der Waals surface area (Å²) in [6.07, 6.45) is 0. The Morgan fingerprint density at radius 3 is 2.50 bits per heavy atom. The van der Waals surface area contributed by atoms with Crippen LogP contribution in [-0.2, 0) is 27.8 Å². The Kier molecular flexibility index (Phi) is 6.90. The summed E-state index contributed by atoms with van der Waals surface area (Å²) < 4.78 is 32.2. The number of benzene rings is 2. The number of sulfonamides is 1. The number of esters is 1. The third-order valence-corrected chi connectivity index (χ3v) is 5.41. The van der Waals surface area contributed by atoms with E-state index in [0.717, 1.165) is 24.2 Å². The zero-order valence-electron chi connectivity index (χ0n) is 15.2. The smallest absolute Gasteiger partial charge is 0.337 e. The normalized spacial score (nSPS) is 11.5. The van der Waals surface area contributed by atoms with E-state index in [0.29, 0.717) is 0 Å². The maximum absolute atomic E-state index is 12.5. The molecule has 0 aliphatic heterocycles. The Balaban J connectivity index is 2.11. The van der Waals surface area contributed by atoms with Gasteiger partial charge in [0.1, 0.15) is 0 Å². The lowest BCUT2D eigenvalue weighted by Gasteiger charge is -2.14. The SMILES string of the molecule is CCN(C)Cc1cccc(CNS(=O)(=O)c2cccc(C(=O)OC)c2)c1. The zero-order chi connectivity index (χ0) is 19.2. The molecule has 0 amide bonds. The molecule has 0 unspecified atom stereocenters. The number of nitrogens with zero attached hydrogens (tertiary/aromatic N) is 1. The van der Waals surface area contributed by atoms with Gasteiger partial charge < -0.3 is 9.64 Å². The molecule has 0 saturated carbocycles. The first-order chi connectivity index (χ1) is 12.4. The van der Waals surface area contributed by atoms with Crippen LogP contribution < -0.4 is 4.72 Å². The van der Waals surface area contributed by atoms with Crippen LogP contribution in [0.5, 0.6) is 0 Å².